The summed E-state index contributed by atoms with van der Waals surface area (Å²) in [5.41, 5.74) is 1.09. The second-order valence-corrected chi connectivity index (χ2v) is 8.14. The highest BCUT2D eigenvalue weighted by molar-refractivity contribution is 5.82. The lowest BCUT2D eigenvalue weighted by atomic mass is 9.79. The van der Waals surface area contributed by atoms with Crippen LogP contribution < -0.4 is 5.32 Å². The summed E-state index contributed by atoms with van der Waals surface area (Å²) < 4.78 is 5.99. The van der Waals surface area contributed by atoms with Gasteiger partial charge in [0.1, 0.15) is 0 Å². The third-order valence-corrected chi connectivity index (χ3v) is 5.81. The molecule has 1 aromatic carbocycles. The number of rotatable bonds is 5. The van der Waals surface area contributed by atoms with Gasteiger partial charge < -0.3 is 15.0 Å². The number of carbonyl (C=O) groups excluding carboxylic acids is 1. The van der Waals surface area contributed by atoms with E-state index in [-0.39, 0.29) is 17.4 Å². The van der Waals surface area contributed by atoms with Crippen LogP contribution in [0.2, 0.25) is 0 Å². The van der Waals surface area contributed by atoms with Crippen LogP contribution in [0.5, 0.6) is 0 Å². The van der Waals surface area contributed by atoms with Crippen LogP contribution in [0, 0.1) is 5.41 Å². The highest BCUT2D eigenvalue weighted by Gasteiger charge is 2.36. The van der Waals surface area contributed by atoms with Crippen molar-refractivity contribution in [2.24, 2.45) is 5.41 Å². The molecule has 3 rings (SSSR count). The van der Waals surface area contributed by atoms with E-state index in [9.17, 15) is 4.79 Å². The number of nitrogens with zero attached hydrogens (tertiary/aromatic N) is 2. The van der Waals surface area contributed by atoms with Gasteiger partial charge in [-0.3, -0.25) is 9.69 Å². The summed E-state index contributed by atoms with van der Waals surface area (Å²) in [4.78, 5) is 17.5. The van der Waals surface area contributed by atoms with E-state index in [0.29, 0.717) is 6.54 Å². The average molecular weight is 360 g/mol. The second kappa shape index (κ2) is 8.98. The normalized spacial score (nSPS) is 24.8. The first-order valence-electron chi connectivity index (χ1n) is 9.90. The van der Waals surface area contributed by atoms with Gasteiger partial charge in [0, 0.05) is 38.2 Å². The van der Waals surface area contributed by atoms with Crippen molar-refractivity contribution in [1.82, 2.24) is 15.1 Å². The Morgan fingerprint density at radius 2 is 1.96 bits per heavy atom. The number of amides is 1. The number of benzene rings is 1. The Kier molecular flexibility index (Phi) is 6.68. The number of likely N-dealkylation sites (tertiary alicyclic amines) is 1. The average Bonchev–Trinajstić information content (AvgIpc) is 2.88. The largest absolute Gasteiger partial charge is 0.375 e. The fourth-order valence-corrected chi connectivity index (χ4v) is 3.84. The maximum absolute atomic E-state index is 12.7. The van der Waals surface area contributed by atoms with Gasteiger partial charge in [-0.2, -0.15) is 0 Å². The van der Waals surface area contributed by atoms with Gasteiger partial charge >= 0.3 is 0 Å². The van der Waals surface area contributed by atoms with Crippen molar-refractivity contribution < 1.29 is 9.53 Å². The van der Waals surface area contributed by atoms with Crippen molar-refractivity contribution in [1.29, 1.82) is 0 Å². The smallest absolute Gasteiger partial charge is 0.226 e. The minimum atomic E-state index is -0.235. The molecule has 1 atom stereocenters. The van der Waals surface area contributed by atoms with Crippen LogP contribution in [0.15, 0.2) is 30.3 Å². The molecule has 1 N–H and O–H groups in total. The van der Waals surface area contributed by atoms with E-state index in [1.165, 1.54) is 5.56 Å². The van der Waals surface area contributed by atoms with E-state index >= 15 is 0 Å². The minimum absolute atomic E-state index is 0.0695. The monoisotopic (exact) mass is 359 g/mol. The topological polar surface area (TPSA) is 44.8 Å². The Labute approximate surface area is 157 Å². The van der Waals surface area contributed by atoms with Crippen molar-refractivity contribution in [2.75, 3.05) is 46.4 Å². The molecule has 1 amide bonds. The summed E-state index contributed by atoms with van der Waals surface area (Å²) in [7, 11) is 2.12. The maximum Gasteiger partial charge on any atom is 0.226 e. The van der Waals surface area contributed by atoms with Crippen LogP contribution in [-0.4, -0.2) is 68.2 Å². The second-order valence-electron chi connectivity index (χ2n) is 8.14. The zero-order chi connectivity index (χ0) is 18.4. The molecule has 26 heavy (non-hydrogen) atoms. The van der Waals surface area contributed by atoms with Crippen LogP contribution in [0.4, 0.5) is 0 Å². The predicted molar refractivity (Wildman–Crippen MR) is 104 cm³/mol. The molecule has 0 spiro atoms. The van der Waals surface area contributed by atoms with Crippen LogP contribution in [0.1, 0.15) is 31.7 Å². The first-order chi connectivity index (χ1) is 12.5. The fourth-order valence-electron chi connectivity index (χ4n) is 3.84. The molecule has 1 aromatic rings. The summed E-state index contributed by atoms with van der Waals surface area (Å²) in [6.07, 6.45) is 2.98. The highest BCUT2D eigenvalue weighted by atomic mass is 16.5. The zero-order valence-corrected chi connectivity index (χ0v) is 16.2. The van der Waals surface area contributed by atoms with E-state index in [2.05, 4.69) is 59.4 Å². The van der Waals surface area contributed by atoms with E-state index in [1.54, 1.807) is 0 Å². The van der Waals surface area contributed by atoms with Crippen LogP contribution in [0.3, 0.4) is 0 Å². The molecular formula is C21H33N3O2. The summed E-state index contributed by atoms with van der Waals surface area (Å²) in [5, 5.41) is 3.18. The van der Waals surface area contributed by atoms with Crippen LogP contribution in [-0.2, 0) is 16.1 Å². The fraction of sp³-hybridized carbons (Fsp3) is 0.667. The molecule has 144 valence electrons. The lowest BCUT2D eigenvalue weighted by Gasteiger charge is -2.37. The van der Waals surface area contributed by atoms with Gasteiger partial charge in [-0.05, 0) is 45.0 Å². The molecule has 0 radical (unpaired) electrons. The van der Waals surface area contributed by atoms with Crippen LogP contribution >= 0.6 is 0 Å². The van der Waals surface area contributed by atoms with Crippen molar-refractivity contribution in [3.05, 3.63) is 35.9 Å². The number of hydrogen-bond donors (Lipinski definition) is 1. The minimum Gasteiger partial charge on any atom is -0.375 e. The zero-order valence-electron chi connectivity index (χ0n) is 16.2. The Hall–Kier alpha value is -1.43. The van der Waals surface area contributed by atoms with E-state index in [4.69, 9.17) is 4.74 Å². The van der Waals surface area contributed by atoms with Crippen molar-refractivity contribution in [2.45, 2.75) is 38.8 Å². The number of hydrogen-bond acceptors (Lipinski definition) is 4. The molecule has 0 bridgehead atoms. The molecule has 5 heteroatoms. The molecule has 2 heterocycles. The highest BCUT2D eigenvalue weighted by Crippen LogP contribution is 2.30. The third-order valence-electron chi connectivity index (χ3n) is 5.81. The number of nitrogens with one attached hydrogen (secondary N) is 1. The van der Waals surface area contributed by atoms with Gasteiger partial charge in [-0.1, -0.05) is 37.3 Å². The molecule has 1 unspecified atom stereocenters. The van der Waals surface area contributed by atoms with Crippen molar-refractivity contribution >= 4 is 5.91 Å². The van der Waals surface area contributed by atoms with Gasteiger partial charge in [-0.15, -0.1) is 0 Å². The van der Waals surface area contributed by atoms with E-state index in [0.717, 1.165) is 58.6 Å². The molecule has 2 fully saturated rings. The quantitative estimate of drug-likeness (QED) is 0.875. The maximum atomic E-state index is 12.7. The molecular weight excluding hydrogens is 326 g/mol. The van der Waals surface area contributed by atoms with Gasteiger partial charge in [0.15, 0.2) is 0 Å². The van der Waals surface area contributed by atoms with Crippen LogP contribution in [0.25, 0.3) is 0 Å². The van der Waals surface area contributed by atoms with E-state index in [1.807, 2.05) is 0 Å². The molecule has 5 nitrogen and oxygen atoms in total. The summed E-state index contributed by atoms with van der Waals surface area (Å²) in [6.45, 7) is 8.33. The SMILES string of the molecule is CN1CCC(C)(C(=O)NCC2CN(Cc3ccccc3)CCCO2)CC1. The molecule has 2 aliphatic heterocycles. The van der Waals surface area contributed by atoms with Gasteiger partial charge in [0.05, 0.1) is 6.10 Å². The number of piperidine rings is 1. The van der Waals surface area contributed by atoms with Crippen molar-refractivity contribution in [3.63, 3.8) is 0 Å². The Balaban J connectivity index is 1.49. The van der Waals surface area contributed by atoms with Gasteiger partial charge in [0.2, 0.25) is 5.91 Å². The Morgan fingerprint density at radius 3 is 2.69 bits per heavy atom. The standard InChI is InChI=1S/C21H33N3O2/c1-21(9-12-23(2)13-10-21)20(25)22-15-19-17-24(11-6-14-26-19)16-18-7-4-3-5-8-18/h3-5,7-8,19H,6,9-17H2,1-2H3,(H,22,25). The molecule has 0 aromatic heterocycles. The van der Waals surface area contributed by atoms with E-state index < -0.39 is 0 Å². The summed E-state index contributed by atoms with van der Waals surface area (Å²) in [5.74, 6) is 0.188. The Bertz CT molecular complexity index is 570. The van der Waals surface area contributed by atoms with Gasteiger partial charge in [-0.25, -0.2) is 0 Å². The molecule has 2 saturated heterocycles. The lowest BCUT2D eigenvalue weighted by Crippen LogP contribution is -2.49. The predicted octanol–water partition coefficient (Wildman–Crippen LogP) is 2.13. The third kappa shape index (κ3) is 5.29. The first-order valence-corrected chi connectivity index (χ1v) is 9.90. The first kappa shape index (κ1) is 19.3. The lowest BCUT2D eigenvalue weighted by molar-refractivity contribution is -0.133. The Morgan fingerprint density at radius 1 is 1.23 bits per heavy atom. The molecule has 2 aliphatic rings. The molecule has 0 aliphatic carbocycles. The summed E-state index contributed by atoms with van der Waals surface area (Å²) >= 11 is 0. The van der Waals surface area contributed by atoms with Gasteiger partial charge in [0.25, 0.3) is 0 Å². The van der Waals surface area contributed by atoms with Crippen molar-refractivity contribution in [3.8, 4) is 0 Å². The molecule has 0 saturated carbocycles. The number of ether oxygens (including phenoxy) is 1. The summed E-state index contributed by atoms with van der Waals surface area (Å²) in [6, 6.07) is 10.6. The number of carbonyl (C=O) groups is 1.